The fourth-order valence-corrected chi connectivity index (χ4v) is 5.39. The number of hydrogen-bond acceptors (Lipinski definition) is 6. The van der Waals surface area contributed by atoms with Crippen molar-refractivity contribution in [2.75, 3.05) is 6.26 Å². The molecule has 2 amide bonds. The summed E-state index contributed by atoms with van der Waals surface area (Å²) in [4.78, 5) is 21.1. The molecule has 1 aromatic heterocycles. The van der Waals surface area contributed by atoms with Crippen molar-refractivity contribution in [2.45, 2.75) is 30.4 Å². The summed E-state index contributed by atoms with van der Waals surface area (Å²) >= 11 is 7.49. The van der Waals surface area contributed by atoms with E-state index in [1.165, 1.54) is 12.3 Å². The van der Waals surface area contributed by atoms with Gasteiger partial charge in [0, 0.05) is 41.5 Å². The summed E-state index contributed by atoms with van der Waals surface area (Å²) in [6.45, 7) is 3.85. The molecule has 0 unspecified atom stereocenters. The van der Waals surface area contributed by atoms with Gasteiger partial charge in [-0.05, 0) is 43.0 Å². The lowest BCUT2D eigenvalue weighted by molar-refractivity contribution is 0.251. The van der Waals surface area contributed by atoms with E-state index in [4.69, 9.17) is 17.3 Å². The molecule has 0 radical (unpaired) electrons. The monoisotopic (exact) mass is 478 g/mol. The van der Waals surface area contributed by atoms with Gasteiger partial charge in [-0.1, -0.05) is 30.3 Å². The van der Waals surface area contributed by atoms with Crippen molar-refractivity contribution < 1.29 is 13.2 Å². The van der Waals surface area contributed by atoms with Crippen LogP contribution in [-0.4, -0.2) is 36.7 Å². The smallest absolute Gasteiger partial charge is 0.345 e. The second-order valence-electron chi connectivity index (χ2n) is 7.33. The minimum atomic E-state index is -3.29. The highest BCUT2D eigenvalue weighted by Crippen LogP contribution is 2.47. The Morgan fingerprint density at radius 3 is 2.68 bits per heavy atom. The average Bonchev–Trinajstić information content (AvgIpc) is 3.40. The summed E-state index contributed by atoms with van der Waals surface area (Å²) < 4.78 is 22.6. The predicted octanol–water partition coefficient (Wildman–Crippen LogP) is 4.11. The maximum Gasteiger partial charge on any atom is 0.345 e. The number of urea groups is 1. The molecule has 1 aliphatic rings. The summed E-state index contributed by atoms with van der Waals surface area (Å²) in [6.07, 6.45) is 7.68. The zero-order valence-corrected chi connectivity index (χ0v) is 19.4. The van der Waals surface area contributed by atoms with E-state index in [0.29, 0.717) is 36.4 Å². The summed E-state index contributed by atoms with van der Waals surface area (Å²) in [5, 5.41) is 4.21. The van der Waals surface area contributed by atoms with Crippen LogP contribution in [0.25, 0.3) is 10.4 Å². The number of nitrogens with zero attached hydrogens (tertiary/aromatic N) is 2. The van der Waals surface area contributed by atoms with E-state index < -0.39 is 20.6 Å². The standard InChI is InChI=1S/C21H23ClN4O3S2/c1-14(3-8-19-25-13-17(30-19)15-4-6-16(22)7-5-15)26-20(27)24-12-9-18(23)21(10-11-21)31(2,28)29/h4-7,9,12-13H,1,3,8,10-11,23H2,2H3,(H,26,27)/b18-9-,24-12+. The summed E-state index contributed by atoms with van der Waals surface area (Å²) in [5.74, 6) is 0. The second-order valence-corrected chi connectivity index (χ2v) is 11.2. The van der Waals surface area contributed by atoms with Crippen LogP contribution in [0.3, 0.4) is 0 Å². The fraction of sp³-hybridized carbons (Fsp3) is 0.286. The normalized spacial score (nSPS) is 15.7. The predicted molar refractivity (Wildman–Crippen MR) is 126 cm³/mol. The Balaban J connectivity index is 1.48. The molecule has 0 atom stereocenters. The van der Waals surface area contributed by atoms with Gasteiger partial charge in [0.2, 0.25) is 0 Å². The first-order valence-electron chi connectivity index (χ1n) is 9.50. The number of carbonyl (C=O) groups is 1. The van der Waals surface area contributed by atoms with Crippen LogP contribution in [0.4, 0.5) is 4.79 Å². The molecule has 0 bridgehead atoms. The van der Waals surface area contributed by atoms with E-state index in [1.807, 2.05) is 30.5 Å². The molecular weight excluding hydrogens is 456 g/mol. The van der Waals surface area contributed by atoms with Crippen LogP contribution in [-0.2, 0) is 16.3 Å². The molecule has 2 aromatic rings. The van der Waals surface area contributed by atoms with Gasteiger partial charge in [0.05, 0.1) is 9.88 Å². The zero-order valence-electron chi connectivity index (χ0n) is 17.0. The van der Waals surface area contributed by atoms with Crippen molar-refractivity contribution in [1.29, 1.82) is 0 Å². The van der Waals surface area contributed by atoms with E-state index in [2.05, 4.69) is 21.9 Å². The quantitative estimate of drug-likeness (QED) is 0.554. The van der Waals surface area contributed by atoms with Gasteiger partial charge in [-0.25, -0.2) is 23.2 Å². The van der Waals surface area contributed by atoms with Crippen LogP contribution in [0.2, 0.25) is 5.02 Å². The molecule has 7 nitrogen and oxygen atoms in total. The van der Waals surface area contributed by atoms with E-state index in [0.717, 1.165) is 21.7 Å². The molecule has 0 spiro atoms. The molecule has 1 aromatic carbocycles. The van der Waals surface area contributed by atoms with E-state index in [9.17, 15) is 13.2 Å². The van der Waals surface area contributed by atoms with Crippen molar-refractivity contribution in [2.24, 2.45) is 10.7 Å². The number of carbonyl (C=O) groups excluding carboxylic acids is 1. The number of aryl methyl sites for hydroxylation is 1. The first-order valence-corrected chi connectivity index (χ1v) is 12.6. The Hall–Kier alpha value is -2.49. The molecule has 3 rings (SSSR count). The van der Waals surface area contributed by atoms with Crippen LogP contribution in [0.15, 0.2) is 59.5 Å². The molecule has 164 valence electrons. The van der Waals surface area contributed by atoms with Crippen molar-refractivity contribution >= 4 is 45.0 Å². The molecule has 3 N–H and O–H groups in total. The third-order valence-corrected chi connectivity index (χ3v) is 8.41. The number of rotatable bonds is 8. The van der Waals surface area contributed by atoms with E-state index >= 15 is 0 Å². The number of benzene rings is 1. The molecule has 31 heavy (non-hydrogen) atoms. The van der Waals surface area contributed by atoms with Gasteiger partial charge < -0.3 is 11.1 Å². The highest BCUT2D eigenvalue weighted by molar-refractivity contribution is 7.92. The lowest BCUT2D eigenvalue weighted by Gasteiger charge is -2.12. The van der Waals surface area contributed by atoms with E-state index in [1.54, 1.807) is 11.3 Å². The molecule has 1 saturated carbocycles. The maximum atomic E-state index is 11.9. The van der Waals surface area contributed by atoms with Gasteiger partial charge in [-0.2, -0.15) is 0 Å². The molecule has 1 fully saturated rings. The number of halogens is 1. The Morgan fingerprint density at radius 2 is 2.06 bits per heavy atom. The highest BCUT2D eigenvalue weighted by atomic mass is 35.5. The number of amides is 2. The molecular formula is C21H23ClN4O3S2. The number of sulfone groups is 1. The molecule has 0 aliphatic heterocycles. The van der Waals surface area contributed by atoms with Crippen molar-refractivity contribution in [3.05, 3.63) is 64.5 Å². The number of hydrogen-bond donors (Lipinski definition) is 2. The maximum absolute atomic E-state index is 11.9. The number of nitrogens with one attached hydrogen (secondary N) is 1. The Bertz CT molecular complexity index is 1150. The van der Waals surface area contributed by atoms with E-state index in [-0.39, 0.29) is 5.70 Å². The third-order valence-electron chi connectivity index (χ3n) is 4.99. The second kappa shape index (κ2) is 9.33. The largest absolute Gasteiger partial charge is 0.401 e. The van der Waals surface area contributed by atoms with Crippen LogP contribution >= 0.6 is 22.9 Å². The summed E-state index contributed by atoms with van der Waals surface area (Å²) in [6, 6.07) is 6.96. The minimum absolute atomic E-state index is 0.200. The topological polar surface area (TPSA) is 115 Å². The number of allylic oxidation sites excluding steroid dienone is 2. The molecule has 10 heteroatoms. The first-order chi connectivity index (χ1) is 14.6. The zero-order chi connectivity index (χ0) is 22.6. The SMILES string of the molecule is C=C(CCc1ncc(-c2ccc(Cl)cc2)s1)NC(=O)/N=C/C=C(\N)C1(S(C)(=O)=O)CC1. The Kier molecular flexibility index (Phi) is 6.98. The summed E-state index contributed by atoms with van der Waals surface area (Å²) in [7, 11) is -3.29. The molecule has 1 aliphatic carbocycles. The fourth-order valence-electron chi connectivity index (χ4n) is 3.00. The van der Waals surface area contributed by atoms with Gasteiger partial charge in [0.15, 0.2) is 9.84 Å². The van der Waals surface area contributed by atoms with Gasteiger partial charge in [0.25, 0.3) is 0 Å². The lowest BCUT2D eigenvalue weighted by Crippen LogP contribution is -2.29. The molecule has 1 heterocycles. The van der Waals surface area contributed by atoms with Gasteiger partial charge >= 0.3 is 6.03 Å². The summed E-state index contributed by atoms with van der Waals surface area (Å²) in [5.41, 5.74) is 7.64. The average molecular weight is 479 g/mol. The minimum Gasteiger partial charge on any atom is -0.401 e. The Morgan fingerprint density at radius 1 is 1.39 bits per heavy atom. The number of thiazole rings is 1. The van der Waals surface area contributed by atoms with Crippen molar-refractivity contribution in [3.8, 4) is 10.4 Å². The Labute approximate surface area is 190 Å². The lowest BCUT2D eigenvalue weighted by atomic mass is 10.2. The van der Waals surface area contributed by atoms with Crippen molar-refractivity contribution in [1.82, 2.24) is 10.3 Å². The van der Waals surface area contributed by atoms with Crippen LogP contribution in [0, 0.1) is 0 Å². The van der Waals surface area contributed by atoms with Crippen molar-refractivity contribution in [3.63, 3.8) is 0 Å². The van der Waals surface area contributed by atoms with Crippen LogP contribution in [0.5, 0.6) is 0 Å². The number of aromatic nitrogens is 1. The highest BCUT2D eigenvalue weighted by Gasteiger charge is 2.54. The van der Waals surface area contributed by atoms with Gasteiger partial charge in [-0.15, -0.1) is 11.3 Å². The van der Waals surface area contributed by atoms with Gasteiger partial charge in [-0.3, -0.25) is 0 Å². The first kappa shape index (κ1) is 23.2. The third kappa shape index (κ3) is 5.81. The van der Waals surface area contributed by atoms with Gasteiger partial charge in [0.1, 0.15) is 4.75 Å². The number of nitrogens with two attached hydrogens (primary N) is 1. The van der Waals surface area contributed by atoms with Crippen LogP contribution < -0.4 is 11.1 Å². The molecule has 0 saturated heterocycles. The van der Waals surface area contributed by atoms with Crippen LogP contribution in [0.1, 0.15) is 24.3 Å². The number of aliphatic imine (C=N–C) groups is 1.